The van der Waals surface area contributed by atoms with Crippen LogP contribution in [-0.4, -0.2) is 55.3 Å². The first-order valence-electron chi connectivity index (χ1n) is 10.7. The van der Waals surface area contributed by atoms with Crippen molar-refractivity contribution in [2.75, 3.05) is 32.7 Å². The Hall–Kier alpha value is -3.79. The molecule has 2 aromatic rings. The van der Waals surface area contributed by atoms with Gasteiger partial charge in [0.1, 0.15) is 6.54 Å². The minimum Gasteiger partial charge on any atom is -0.493 e. The molecule has 0 bridgehead atoms. The second-order valence-electron chi connectivity index (χ2n) is 7.84. The van der Waals surface area contributed by atoms with Crippen LogP contribution in [0.25, 0.3) is 6.08 Å². The summed E-state index contributed by atoms with van der Waals surface area (Å²) in [6, 6.07) is 12.3. The zero-order chi connectivity index (χ0) is 25.5. The molecule has 35 heavy (non-hydrogen) atoms. The molecule has 10 heteroatoms. The number of esters is 1. The highest BCUT2D eigenvalue weighted by Crippen LogP contribution is 2.37. The van der Waals surface area contributed by atoms with E-state index in [0.29, 0.717) is 34.7 Å². The number of carbonyl (C=O) groups is 4. The van der Waals surface area contributed by atoms with E-state index in [0.717, 1.165) is 10.5 Å². The normalized spacial score (nSPS) is 14.4. The lowest BCUT2D eigenvalue weighted by Gasteiger charge is -2.14. The number of anilines is 1. The molecule has 3 amide bonds. The van der Waals surface area contributed by atoms with Gasteiger partial charge in [-0.05, 0) is 47.5 Å². The minimum absolute atomic E-state index is 0.111. The molecule has 1 heterocycles. The van der Waals surface area contributed by atoms with Crippen LogP contribution in [0, 0.1) is 0 Å². The molecule has 0 radical (unpaired) electrons. The van der Waals surface area contributed by atoms with E-state index in [1.54, 1.807) is 30.3 Å². The summed E-state index contributed by atoms with van der Waals surface area (Å²) in [4.78, 5) is 50.4. The quantitative estimate of drug-likeness (QED) is 0.407. The number of carbonyl (C=O) groups excluding carboxylic acids is 4. The second kappa shape index (κ2) is 11.6. The summed E-state index contributed by atoms with van der Waals surface area (Å²) in [5, 5.41) is 2.14. The molecule has 1 aliphatic heterocycles. The maximum atomic E-state index is 12.9. The van der Waals surface area contributed by atoms with Crippen molar-refractivity contribution in [2.24, 2.45) is 0 Å². The van der Waals surface area contributed by atoms with Crippen molar-refractivity contribution in [3.8, 4) is 11.5 Å². The fourth-order valence-corrected chi connectivity index (χ4v) is 4.05. The van der Waals surface area contributed by atoms with Crippen molar-refractivity contribution in [1.29, 1.82) is 0 Å². The van der Waals surface area contributed by atoms with E-state index in [1.165, 1.54) is 20.3 Å². The van der Waals surface area contributed by atoms with Crippen molar-refractivity contribution in [3.05, 3.63) is 58.5 Å². The molecule has 1 N–H and O–H groups in total. The van der Waals surface area contributed by atoms with Crippen molar-refractivity contribution >= 4 is 46.5 Å². The van der Waals surface area contributed by atoms with E-state index in [4.69, 9.17) is 9.47 Å². The van der Waals surface area contributed by atoms with Crippen molar-refractivity contribution < 1.29 is 33.4 Å². The number of thioether (sulfide) groups is 1. The van der Waals surface area contributed by atoms with Crippen molar-refractivity contribution in [3.63, 3.8) is 0 Å². The van der Waals surface area contributed by atoms with Crippen LogP contribution in [0.2, 0.25) is 0 Å². The predicted octanol–water partition coefficient (Wildman–Crippen LogP) is 4.05. The average molecular weight is 499 g/mol. The molecule has 3 rings (SSSR count). The van der Waals surface area contributed by atoms with Crippen LogP contribution in [0.1, 0.15) is 30.9 Å². The van der Waals surface area contributed by atoms with Gasteiger partial charge >= 0.3 is 5.97 Å². The Morgan fingerprint density at radius 3 is 2.43 bits per heavy atom. The summed E-state index contributed by atoms with van der Waals surface area (Å²) in [5.41, 5.74) is 2.13. The van der Waals surface area contributed by atoms with Crippen LogP contribution in [0.5, 0.6) is 11.5 Å². The number of nitrogens with zero attached hydrogens (tertiary/aromatic N) is 1. The standard InChI is InChI=1S/C25H26N2O7S/c1-15(2)16-8-10-18(11-9-16)26-21(28)13-27-24(30)20(35-25(27)31)12-17-6-5-7-19(32-3)23(17)34-14-22(29)33-4/h5-12,15H,13-14H2,1-4H3,(H,26,28)/b20-12+. The van der Waals surface area contributed by atoms with E-state index < -0.39 is 29.6 Å². The van der Waals surface area contributed by atoms with Gasteiger partial charge in [0.2, 0.25) is 5.91 Å². The predicted molar refractivity (Wildman–Crippen MR) is 132 cm³/mol. The lowest BCUT2D eigenvalue weighted by atomic mass is 10.0. The monoisotopic (exact) mass is 498 g/mol. The number of methoxy groups -OCH3 is 2. The molecule has 0 atom stereocenters. The first kappa shape index (κ1) is 25.8. The number of para-hydroxylation sites is 1. The summed E-state index contributed by atoms with van der Waals surface area (Å²) in [6.45, 7) is 3.36. The first-order chi connectivity index (χ1) is 16.7. The number of hydrogen-bond acceptors (Lipinski definition) is 8. The zero-order valence-electron chi connectivity index (χ0n) is 19.8. The molecule has 1 aliphatic rings. The van der Waals surface area contributed by atoms with Gasteiger partial charge in [0.15, 0.2) is 18.1 Å². The number of amides is 3. The molecule has 0 spiro atoms. The molecule has 2 aromatic carbocycles. The van der Waals surface area contributed by atoms with Crippen molar-refractivity contribution in [2.45, 2.75) is 19.8 Å². The Balaban J connectivity index is 1.74. The maximum absolute atomic E-state index is 12.9. The van der Waals surface area contributed by atoms with Gasteiger partial charge in [0, 0.05) is 11.3 Å². The number of rotatable bonds is 9. The SMILES string of the molecule is COC(=O)COc1c(/C=C2/SC(=O)N(CC(=O)Nc3ccc(C(C)C)cc3)C2=O)cccc1OC. The second-order valence-corrected chi connectivity index (χ2v) is 8.83. The highest BCUT2D eigenvalue weighted by molar-refractivity contribution is 8.18. The highest BCUT2D eigenvalue weighted by atomic mass is 32.2. The zero-order valence-corrected chi connectivity index (χ0v) is 20.6. The molecule has 1 fully saturated rings. The third-order valence-electron chi connectivity index (χ3n) is 5.11. The highest BCUT2D eigenvalue weighted by Gasteiger charge is 2.36. The van der Waals surface area contributed by atoms with Crippen LogP contribution in [0.3, 0.4) is 0 Å². The van der Waals surface area contributed by atoms with Crippen LogP contribution in [0.4, 0.5) is 10.5 Å². The Morgan fingerprint density at radius 1 is 1.09 bits per heavy atom. The number of benzene rings is 2. The lowest BCUT2D eigenvalue weighted by molar-refractivity contribution is -0.143. The van der Waals surface area contributed by atoms with Crippen LogP contribution < -0.4 is 14.8 Å². The maximum Gasteiger partial charge on any atom is 0.343 e. The smallest absolute Gasteiger partial charge is 0.343 e. The van der Waals surface area contributed by atoms with Gasteiger partial charge in [-0.25, -0.2) is 4.79 Å². The summed E-state index contributed by atoms with van der Waals surface area (Å²) < 4.78 is 15.4. The summed E-state index contributed by atoms with van der Waals surface area (Å²) in [6.07, 6.45) is 1.46. The third-order valence-corrected chi connectivity index (χ3v) is 6.02. The lowest BCUT2D eigenvalue weighted by Crippen LogP contribution is -2.36. The summed E-state index contributed by atoms with van der Waals surface area (Å²) in [5.74, 6) is -0.772. The molecule has 0 aromatic heterocycles. The first-order valence-corrected chi connectivity index (χ1v) is 11.6. The van der Waals surface area contributed by atoms with Gasteiger partial charge in [-0.15, -0.1) is 0 Å². The molecule has 0 aliphatic carbocycles. The topological polar surface area (TPSA) is 111 Å². The van der Waals surface area contributed by atoms with E-state index in [9.17, 15) is 19.2 Å². The third kappa shape index (κ3) is 6.42. The Labute approximate surface area is 207 Å². The van der Waals surface area contributed by atoms with Gasteiger partial charge in [-0.3, -0.25) is 19.3 Å². The number of ether oxygens (including phenoxy) is 3. The van der Waals surface area contributed by atoms with Gasteiger partial charge in [-0.1, -0.05) is 38.1 Å². The number of imide groups is 1. The van der Waals surface area contributed by atoms with Crippen LogP contribution in [-0.2, 0) is 19.1 Å². The molecular weight excluding hydrogens is 472 g/mol. The average Bonchev–Trinajstić information content (AvgIpc) is 3.10. The fraction of sp³-hybridized carbons (Fsp3) is 0.280. The minimum atomic E-state index is -0.605. The van der Waals surface area contributed by atoms with E-state index in [2.05, 4.69) is 23.9 Å². The van der Waals surface area contributed by atoms with E-state index in [1.807, 2.05) is 12.1 Å². The van der Waals surface area contributed by atoms with Crippen LogP contribution >= 0.6 is 11.8 Å². The molecule has 184 valence electrons. The molecular formula is C25H26N2O7S. The van der Waals surface area contributed by atoms with E-state index >= 15 is 0 Å². The van der Waals surface area contributed by atoms with Gasteiger partial charge < -0.3 is 19.5 Å². The van der Waals surface area contributed by atoms with Gasteiger partial charge in [0.05, 0.1) is 19.1 Å². The van der Waals surface area contributed by atoms with Gasteiger partial charge in [-0.2, -0.15) is 0 Å². The van der Waals surface area contributed by atoms with E-state index in [-0.39, 0.29) is 17.3 Å². The molecule has 0 unspecified atom stereocenters. The summed E-state index contributed by atoms with van der Waals surface area (Å²) in [7, 11) is 2.68. The van der Waals surface area contributed by atoms with Crippen LogP contribution in [0.15, 0.2) is 47.4 Å². The summed E-state index contributed by atoms with van der Waals surface area (Å²) >= 11 is 0.712. The largest absolute Gasteiger partial charge is 0.493 e. The Bertz CT molecular complexity index is 1160. The fourth-order valence-electron chi connectivity index (χ4n) is 3.22. The number of nitrogens with one attached hydrogen (secondary N) is 1. The molecule has 1 saturated heterocycles. The Kier molecular flexibility index (Phi) is 8.53. The van der Waals surface area contributed by atoms with Crippen molar-refractivity contribution in [1.82, 2.24) is 4.90 Å². The molecule has 9 nitrogen and oxygen atoms in total. The molecule has 0 saturated carbocycles. The number of hydrogen-bond donors (Lipinski definition) is 1. The van der Waals surface area contributed by atoms with Gasteiger partial charge in [0.25, 0.3) is 11.1 Å². The Morgan fingerprint density at radius 2 is 1.80 bits per heavy atom.